The van der Waals surface area contributed by atoms with Gasteiger partial charge in [-0.15, -0.1) is 0 Å². The highest BCUT2D eigenvalue weighted by Gasteiger charge is 2.11. The van der Waals surface area contributed by atoms with Crippen LogP contribution >= 0.6 is 0 Å². The molecule has 0 saturated carbocycles. The van der Waals surface area contributed by atoms with Gasteiger partial charge in [-0.05, 0) is 31.9 Å². The lowest BCUT2D eigenvalue weighted by Crippen LogP contribution is -2.17. The largest absolute Gasteiger partial charge is 0.396 e. The second-order valence-corrected chi connectivity index (χ2v) is 5.33. The normalized spacial score (nSPS) is 11.4. The number of aryl methyl sites for hydroxylation is 1. The van der Waals surface area contributed by atoms with Crippen molar-refractivity contribution in [2.75, 3.05) is 17.1 Å². The second kappa shape index (κ2) is 5.81. The van der Waals surface area contributed by atoms with Crippen LogP contribution in [0.15, 0.2) is 18.3 Å². The molecule has 0 aliphatic rings. The average Bonchev–Trinajstić information content (AvgIpc) is 2.21. The van der Waals surface area contributed by atoms with Crippen molar-refractivity contribution in [3.8, 4) is 0 Å². The van der Waals surface area contributed by atoms with Gasteiger partial charge in [0.05, 0.1) is 17.1 Å². The fourth-order valence-corrected chi connectivity index (χ4v) is 2.45. The molecule has 0 fully saturated rings. The first-order chi connectivity index (χ1) is 7.55. The lowest BCUT2D eigenvalue weighted by molar-refractivity contribution is 0.287. The van der Waals surface area contributed by atoms with Crippen LogP contribution in [0.1, 0.15) is 18.5 Å². The van der Waals surface area contributed by atoms with Gasteiger partial charge >= 0.3 is 0 Å². The van der Waals surface area contributed by atoms with Crippen molar-refractivity contribution < 1.29 is 13.5 Å². The Morgan fingerprint density at radius 3 is 2.81 bits per heavy atom. The molecular formula is C10H16N2O3S. The number of aliphatic hydroxyl groups excluding tert-OH is 1. The fraction of sp³-hybridized carbons (Fsp3) is 0.500. The van der Waals surface area contributed by atoms with Crippen molar-refractivity contribution in [3.05, 3.63) is 24.0 Å². The Kier molecular flexibility index (Phi) is 4.70. The Hall–Kier alpha value is -1.14. The van der Waals surface area contributed by atoms with E-state index in [0.29, 0.717) is 24.2 Å². The average molecular weight is 244 g/mol. The van der Waals surface area contributed by atoms with Crippen molar-refractivity contribution >= 4 is 15.7 Å². The minimum Gasteiger partial charge on any atom is -0.396 e. The standard InChI is InChI=1S/C10H16N2O3S/c1-9-10(5-4-6-11-9)12-16(14,15)8-3-2-7-13/h4-6,12-13H,2-3,7-8H2,1H3. The van der Waals surface area contributed by atoms with E-state index in [-0.39, 0.29) is 12.4 Å². The number of rotatable bonds is 6. The van der Waals surface area contributed by atoms with E-state index in [1.165, 1.54) is 0 Å². The van der Waals surface area contributed by atoms with Gasteiger partial charge in [-0.1, -0.05) is 0 Å². The molecule has 0 unspecified atom stereocenters. The molecule has 90 valence electrons. The minimum absolute atomic E-state index is 0.0153. The van der Waals surface area contributed by atoms with Gasteiger partial charge in [0, 0.05) is 12.8 Å². The quantitative estimate of drug-likeness (QED) is 0.729. The number of hydrogen-bond acceptors (Lipinski definition) is 4. The van der Waals surface area contributed by atoms with Crippen LogP contribution in [0, 0.1) is 6.92 Å². The minimum atomic E-state index is -3.33. The van der Waals surface area contributed by atoms with Crippen LogP contribution in [-0.4, -0.2) is 30.9 Å². The summed E-state index contributed by atoms with van der Waals surface area (Å²) in [6, 6.07) is 3.35. The Bertz CT molecular complexity index is 431. The molecule has 1 rings (SSSR count). The van der Waals surface area contributed by atoms with Gasteiger partial charge < -0.3 is 5.11 Å². The van der Waals surface area contributed by atoms with Crippen molar-refractivity contribution in [2.45, 2.75) is 19.8 Å². The van der Waals surface area contributed by atoms with E-state index < -0.39 is 10.0 Å². The molecule has 1 aromatic rings. The van der Waals surface area contributed by atoms with Crippen LogP contribution in [0.4, 0.5) is 5.69 Å². The highest BCUT2D eigenvalue weighted by molar-refractivity contribution is 7.92. The van der Waals surface area contributed by atoms with Crippen LogP contribution < -0.4 is 4.72 Å². The highest BCUT2D eigenvalue weighted by atomic mass is 32.2. The summed E-state index contributed by atoms with van der Waals surface area (Å²) in [5.74, 6) is 0.0158. The van der Waals surface area contributed by atoms with Gasteiger partial charge in [-0.25, -0.2) is 8.42 Å². The van der Waals surface area contributed by atoms with Gasteiger partial charge in [-0.2, -0.15) is 0 Å². The molecule has 6 heteroatoms. The summed E-state index contributed by atoms with van der Waals surface area (Å²) >= 11 is 0. The molecule has 0 aromatic carbocycles. The molecule has 0 amide bonds. The SMILES string of the molecule is Cc1ncccc1NS(=O)(=O)CCCCO. The smallest absolute Gasteiger partial charge is 0.232 e. The number of nitrogens with zero attached hydrogens (tertiary/aromatic N) is 1. The maximum Gasteiger partial charge on any atom is 0.232 e. The van der Waals surface area contributed by atoms with E-state index in [2.05, 4.69) is 9.71 Å². The number of sulfonamides is 1. The highest BCUT2D eigenvalue weighted by Crippen LogP contribution is 2.12. The number of nitrogens with one attached hydrogen (secondary N) is 1. The topological polar surface area (TPSA) is 79.3 Å². The maximum atomic E-state index is 11.6. The maximum absolute atomic E-state index is 11.6. The number of pyridine rings is 1. The number of aromatic nitrogens is 1. The summed E-state index contributed by atoms with van der Waals surface area (Å²) < 4.78 is 25.7. The van der Waals surface area contributed by atoms with E-state index in [4.69, 9.17) is 5.11 Å². The predicted octanol–water partition coefficient (Wildman–Crippen LogP) is 0.904. The van der Waals surface area contributed by atoms with E-state index in [1.54, 1.807) is 25.3 Å². The van der Waals surface area contributed by atoms with Gasteiger partial charge in [0.2, 0.25) is 10.0 Å². The zero-order valence-electron chi connectivity index (χ0n) is 9.18. The number of hydrogen-bond donors (Lipinski definition) is 2. The zero-order valence-corrected chi connectivity index (χ0v) is 10.00. The first kappa shape index (κ1) is 12.9. The number of anilines is 1. The Morgan fingerprint density at radius 2 is 2.19 bits per heavy atom. The van der Waals surface area contributed by atoms with Crippen molar-refractivity contribution in [1.29, 1.82) is 0 Å². The summed E-state index contributed by atoms with van der Waals surface area (Å²) in [7, 11) is -3.33. The number of aliphatic hydroxyl groups is 1. The molecule has 0 bridgehead atoms. The molecule has 0 atom stereocenters. The lowest BCUT2D eigenvalue weighted by Gasteiger charge is -2.09. The molecule has 0 spiro atoms. The Balaban J connectivity index is 2.63. The molecule has 0 radical (unpaired) electrons. The van der Waals surface area contributed by atoms with Crippen LogP contribution in [-0.2, 0) is 10.0 Å². The van der Waals surface area contributed by atoms with Crippen molar-refractivity contribution in [3.63, 3.8) is 0 Å². The number of unbranched alkanes of at least 4 members (excludes halogenated alkanes) is 1. The molecule has 1 aromatic heterocycles. The Morgan fingerprint density at radius 1 is 1.44 bits per heavy atom. The van der Waals surface area contributed by atoms with Crippen LogP contribution in [0.25, 0.3) is 0 Å². The van der Waals surface area contributed by atoms with Crippen molar-refractivity contribution in [2.24, 2.45) is 0 Å². The first-order valence-corrected chi connectivity index (χ1v) is 6.73. The van der Waals surface area contributed by atoms with E-state index in [1.807, 2.05) is 0 Å². The summed E-state index contributed by atoms with van der Waals surface area (Å²) in [6.07, 6.45) is 2.55. The van der Waals surface area contributed by atoms with Gasteiger partial charge in [0.1, 0.15) is 0 Å². The molecule has 0 aliphatic heterocycles. The molecule has 5 nitrogen and oxygen atoms in total. The van der Waals surface area contributed by atoms with E-state index in [9.17, 15) is 8.42 Å². The van der Waals surface area contributed by atoms with Gasteiger partial charge in [0.15, 0.2) is 0 Å². The van der Waals surface area contributed by atoms with E-state index in [0.717, 1.165) is 0 Å². The first-order valence-electron chi connectivity index (χ1n) is 5.08. The van der Waals surface area contributed by atoms with E-state index >= 15 is 0 Å². The Labute approximate surface area is 95.6 Å². The third-order valence-electron chi connectivity index (χ3n) is 2.09. The predicted molar refractivity (Wildman–Crippen MR) is 62.7 cm³/mol. The monoisotopic (exact) mass is 244 g/mol. The summed E-state index contributed by atoms with van der Waals surface area (Å²) in [5, 5.41) is 8.57. The second-order valence-electron chi connectivity index (χ2n) is 3.49. The van der Waals surface area contributed by atoms with Crippen LogP contribution in [0.5, 0.6) is 0 Å². The van der Waals surface area contributed by atoms with Crippen LogP contribution in [0.3, 0.4) is 0 Å². The van der Waals surface area contributed by atoms with Gasteiger partial charge in [-0.3, -0.25) is 9.71 Å². The molecule has 0 aliphatic carbocycles. The summed E-state index contributed by atoms with van der Waals surface area (Å²) in [6.45, 7) is 1.76. The third kappa shape index (κ3) is 4.16. The summed E-state index contributed by atoms with van der Waals surface area (Å²) in [5.41, 5.74) is 1.15. The molecule has 2 N–H and O–H groups in total. The molecule has 16 heavy (non-hydrogen) atoms. The molecular weight excluding hydrogens is 228 g/mol. The van der Waals surface area contributed by atoms with Crippen molar-refractivity contribution in [1.82, 2.24) is 4.98 Å². The van der Waals surface area contributed by atoms with Gasteiger partial charge in [0.25, 0.3) is 0 Å². The molecule has 0 saturated heterocycles. The zero-order chi connectivity index (χ0) is 12.0. The molecule has 1 heterocycles. The lowest BCUT2D eigenvalue weighted by atomic mass is 10.3. The summed E-state index contributed by atoms with van der Waals surface area (Å²) in [4.78, 5) is 3.99. The fourth-order valence-electron chi connectivity index (χ4n) is 1.21. The van der Waals surface area contributed by atoms with Crippen LogP contribution in [0.2, 0.25) is 0 Å². The third-order valence-corrected chi connectivity index (χ3v) is 3.45.